The van der Waals surface area contributed by atoms with Crippen LogP contribution in [0.1, 0.15) is 63.0 Å². The maximum absolute atomic E-state index is 11.3. The molecule has 0 radical (unpaired) electrons. The summed E-state index contributed by atoms with van der Waals surface area (Å²) in [6, 6.07) is 8.42. The van der Waals surface area contributed by atoms with Crippen molar-refractivity contribution >= 4 is 5.97 Å². The topological polar surface area (TPSA) is 37.3 Å². The first-order valence-electron chi connectivity index (χ1n) is 7.32. The SMILES string of the molecule is CC(C)(Cc1ccccc1C1CCCCC1)C(=O)O. The fourth-order valence-electron chi connectivity index (χ4n) is 3.06. The van der Waals surface area contributed by atoms with Gasteiger partial charge >= 0.3 is 5.97 Å². The highest BCUT2D eigenvalue weighted by molar-refractivity contribution is 5.74. The van der Waals surface area contributed by atoms with Crippen molar-refractivity contribution in [3.05, 3.63) is 35.4 Å². The van der Waals surface area contributed by atoms with Crippen molar-refractivity contribution in [2.24, 2.45) is 5.41 Å². The number of carboxylic acid groups (broad SMARTS) is 1. The Hall–Kier alpha value is -1.31. The third-order valence-corrected chi connectivity index (χ3v) is 4.31. The van der Waals surface area contributed by atoms with Crippen LogP contribution in [0.2, 0.25) is 0 Å². The Morgan fingerprint density at radius 2 is 1.84 bits per heavy atom. The molecule has 1 fully saturated rings. The summed E-state index contributed by atoms with van der Waals surface area (Å²) in [5.74, 6) is -0.0829. The van der Waals surface area contributed by atoms with Crippen molar-refractivity contribution in [1.29, 1.82) is 0 Å². The van der Waals surface area contributed by atoms with Crippen LogP contribution in [-0.2, 0) is 11.2 Å². The number of rotatable bonds is 4. The van der Waals surface area contributed by atoms with E-state index in [-0.39, 0.29) is 0 Å². The second kappa shape index (κ2) is 5.77. The van der Waals surface area contributed by atoms with E-state index in [0.717, 1.165) is 0 Å². The molecule has 1 aliphatic rings. The average Bonchev–Trinajstić information content (AvgIpc) is 2.40. The molecule has 104 valence electrons. The van der Waals surface area contributed by atoms with Gasteiger partial charge in [-0.2, -0.15) is 0 Å². The normalized spacial score (nSPS) is 17.4. The van der Waals surface area contributed by atoms with Gasteiger partial charge in [-0.05, 0) is 50.2 Å². The van der Waals surface area contributed by atoms with Gasteiger partial charge in [0.1, 0.15) is 0 Å². The first-order chi connectivity index (χ1) is 9.00. The number of hydrogen-bond acceptors (Lipinski definition) is 1. The van der Waals surface area contributed by atoms with Gasteiger partial charge in [0.25, 0.3) is 0 Å². The van der Waals surface area contributed by atoms with Gasteiger partial charge < -0.3 is 5.11 Å². The second-order valence-corrected chi connectivity index (χ2v) is 6.40. The van der Waals surface area contributed by atoms with Gasteiger partial charge in [-0.1, -0.05) is 43.5 Å². The Balaban J connectivity index is 2.23. The number of aliphatic carboxylic acids is 1. The monoisotopic (exact) mass is 260 g/mol. The lowest BCUT2D eigenvalue weighted by Crippen LogP contribution is -2.27. The molecule has 1 saturated carbocycles. The van der Waals surface area contributed by atoms with Crippen molar-refractivity contribution in [3.8, 4) is 0 Å². The van der Waals surface area contributed by atoms with Crippen molar-refractivity contribution in [3.63, 3.8) is 0 Å². The second-order valence-electron chi connectivity index (χ2n) is 6.40. The zero-order valence-electron chi connectivity index (χ0n) is 12.0. The molecule has 0 atom stereocenters. The van der Waals surface area contributed by atoms with E-state index in [1.807, 2.05) is 19.9 Å². The highest BCUT2D eigenvalue weighted by atomic mass is 16.4. The zero-order chi connectivity index (χ0) is 13.9. The summed E-state index contributed by atoms with van der Waals surface area (Å²) >= 11 is 0. The molecule has 0 unspecified atom stereocenters. The molecule has 2 rings (SSSR count). The maximum atomic E-state index is 11.3. The molecule has 0 amide bonds. The third kappa shape index (κ3) is 3.37. The van der Waals surface area contributed by atoms with Crippen molar-refractivity contribution in [1.82, 2.24) is 0 Å². The highest BCUT2D eigenvalue weighted by Crippen LogP contribution is 2.36. The Bertz CT molecular complexity index is 442. The Kier molecular flexibility index (Phi) is 4.28. The lowest BCUT2D eigenvalue weighted by Gasteiger charge is -2.27. The minimum atomic E-state index is -0.717. The van der Waals surface area contributed by atoms with Gasteiger partial charge in [-0.15, -0.1) is 0 Å². The summed E-state index contributed by atoms with van der Waals surface area (Å²) in [7, 11) is 0. The fraction of sp³-hybridized carbons (Fsp3) is 0.588. The predicted molar refractivity (Wildman–Crippen MR) is 77.4 cm³/mol. The lowest BCUT2D eigenvalue weighted by molar-refractivity contribution is -0.146. The summed E-state index contributed by atoms with van der Waals surface area (Å²) in [6.45, 7) is 3.62. The van der Waals surface area contributed by atoms with E-state index in [1.165, 1.54) is 43.2 Å². The fourth-order valence-corrected chi connectivity index (χ4v) is 3.06. The van der Waals surface area contributed by atoms with Crippen molar-refractivity contribution < 1.29 is 9.90 Å². The summed E-state index contributed by atoms with van der Waals surface area (Å²) in [4.78, 5) is 11.3. The molecule has 0 aliphatic heterocycles. The van der Waals surface area contributed by atoms with Gasteiger partial charge in [-0.25, -0.2) is 0 Å². The van der Waals surface area contributed by atoms with E-state index >= 15 is 0 Å². The summed E-state index contributed by atoms with van der Waals surface area (Å²) < 4.78 is 0. The first-order valence-corrected chi connectivity index (χ1v) is 7.32. The zero-order valence-corrected chi connectivity index (χ0v) is 12.0. The Morgan fingerprint density at radius 1 is 1.21 bits per heavy atom. The molecule has 1 aromatic carbocycles. The molecular weight excluding hydrogens is 236 g/mol. The van der Waals surface area contributed by atoms with Gasteiger partial charge in [0.15, 0.2) is 0 Å². The molecule has 2 heteroatoms. The summed E-state index contributed by atoms with van der Waals surface area (Å²) in [5.41, 5.74) is 1.92. The lowest BCUT2D eigenvalue weighted by atomic mass is 9.78. The maximum Gasteiger partial charge on any atom is 0.309 e. The molecule has 0 aromatic heterocycles. The van der Waals surface area contributed by atoms with Gasteiger partial charge in [-0.3, -0.25) is 4.79 Å². The van der Waals surface area contributed by atoms with Crippen LogP contribution in [0.15, 0.2) is 24.3 Å². The van der Waals surface area contributed by atoms with Crippen LogP contribution >= 0.6 is 0 Å². The van der Waals surface area contributed by atoms with Gasteiger partial charge in [0.05, 0.1) is 5.41 Å². The number of carboxylic acids is 1. The smallest absolute Gasteiger partial charge is 0.309 e. The first kappa shape index (κ1) is 14.1. The van der Waals surface area contributed by atoms with E-state index in [1.54, 1.807) is 0 Å². The number of carbonyl (C=O) groups is 1. The molecular formula is C17H24O2. The molecule has 1 N–H and O–H groups in total. The standard InChI is InChI=1S/C17H24O2/c1-17(2,16(18)19)12-14-10-6-7-11-15(14)13-8-4-3-5-9-13/h6-7,10-11,13H,3-5,8-9,12H2,1-2H3,(H,18,19). The molecule has 0 spiro atoms. The highest BCUT2D eigenvalue weighted by Gasteiger charge is 2.29. The molecule has 0 bridgehead atoms. The molecule has 19 heavy (non-hydrogen) atoms. The van der Waals surface area contributed by atoms with E-state index < -0.39 is 11.4 Å². The Morgan fingerprint density at radius 3 is 2.47 bits per heavy atom. The minimum absolute atomic E-state index is 0.620. The van der Waals surface area contributed by atoms with Crippen LogP contribution in [0.4, 0.5) is 0 Å². The molecule has 0 heterocycles. The summed E-state index contributed by atoms with van der Waals surface area (Å²) in [6.07, 6.45) is 7.09. The number of hydrogen-bond donors (Lipinski definition) is 1. The third-order valence-electron chi connectivity index (χ3n) is 4.31. The van der Waals surface area contributed by atoms with Gasteiger partial charge in [0, 0.05) is 0 Å². The van der Waals surface area contributed by atoms with Crippen molar-refractivity contribution in [2.75, 3.05) is 0 Å². The summed E-state index contributed by atoms with van der Waals surface area (Å²) in [5, 5.41) is 9.30. The number of benzene rings is 1. The molecule has 0 saturated heterocycles. The van der Waals surface area contributed by atoms with E-state index in [2.05, 4.69) is 18.2 Å². The van der Waals surface area contributed by atoms with Crippen LogP contribution in [0.5, 0.6) is 0 Å². The van der Waals surface area contributed by atoms with E-state index in [9.17, 15) is 9.90 Å². The largest absolute Gasteiger partial charge is 0.481 e. The predicted octanol–water partition coefficient (Wildman–Crippen LogP) is 4.39. The minimum Gasteiger partial charge on any atom is -0.481 e. The van der Waals surface area contributed by atoms with Crippen LogP contribution < -0.4 is 0 Å². The van der Waals surface area contributed by atoms with Gasteiger partial charge in [0.2, 0.25) is 0 Å². The Labute approximate surface area is 115 Å². The van der Waals surface area contributed by atoms with Crippen LogP contribution in [0, 0.1) is 5.41 Å². The van der Waals surface area contributed by atoms with Crippen LogP contribution in [0.25, 0.3) is 0 Å². The quantitative estimate of drug-likeness (QED) is 0.871. The van der Waals surface area contributed by atoms with Crippen molar-refractivity contribution in [2.45, 2.75) is 58.3 Å². The molecule has 1 aliphatic carbocycles. The van der Waals surface area contributed by atoms with Crippen LogP contribution in [-0.4, -0.2) is 11.1 Å². The van der Waals surface area contributed by atoms with E-state index in [4.69, 9.17) is 0 Å². The molecule has 2 nitrogen and oxygen atoms in total. The van der Waals surface area contributed by atoms with Crippen LogP contribution in [0.3, 0.4) is 0 Å². The molecule has 1 aromatic rings. The average molecular weight is 260 g/mol. The van der Waals surface area contributed by atoms with E-state index in [0.29, 0.717) is 12.3 Å².